The van der Waals surface area contributed by atoms with E-state index in [9.17, 15) is 4.79 Å². The van der Waals surface area contributed by atoms with Gasteiger partial charge in [0.15, 0.2) is 0 Å². The summed E-state index contributed by atoms with van der Waals surface area (Å²) in [5, 5.41) is 2.96. The van der Waals surface area contributed by atoms with Gasteiger partial charge in [-0.15, -0.1) is 0 Å². The van der Waals surface area contributed by atoms with Gasteiger partial charge in [0.1, 0.15) is 0 Å². The average Bonchev–Trinajstić information content (AvgIpc) is 2.54. The van der Waals surface area contributed by atoms with Crippen molar-refractivity contribution in [1.29, 1.82) is 0 Å². The molecule has 0 spiro atoms. The Balaban J connectivity index is 2.07. The molecule has 122 valence electrons. The number of carbonyl (C=O) groups excluding carboxylic acids is 1. The molecule has 1 atom stereocenters. The predicted molar refractivity (Wildman–Crippen MR) is 98.2 cm³/mol. The Morgan fingerprint density at radius 2 is 1.57 bits per heavy atom. The highest BCUT2D eigenvalue weighted by atomic mass is 16.1. The minimum atomic E-state index is -0.0678. The molecule has 23 heavy (non-hydrogen) atoms. The lowest BCUT2D eigenvalue weighted by atomic mass is 9.87. The number of nitrogens with one attached hydrogen (secondary N) is 1. The van der Waals surface area contributed by atoms with E-state index in [1.165, 1.54) is 11.1 Å². The normalized spacial score (nSPS) is 12.7. The molecule has 0 fully saturated rings. The Labute approximate surface area is 139 Å². The van der Waals surface area contributed by atoms with Crippen LogP contribution >= 0.6 is 0 Å². The van der Waals surface area contributed by atoms with E-state index >= 15 is 0 Å². The van der Waals surface area contributed by atoms with Crippen molar-refractivity contribution in [2.24, 2.45) is 0 Å². The van der Waals surface area contributed by atoms with Gasteiger partial charge in [-0.2, -0.15) is 0 Å². The quantitative estimate of drug-likeness (QED) is 0.765. The summed E-state index contributed by atoms with van der Waals surface area (Å²) in [5.41, 5.74) is 4.15. The summed E-state index contributed by atoms with van der Waals surface area (Å²) in [6.45, 7) is 10.9. The van der Waals surface area contributed by atoms with Crippen LogP contribution in [0.4, 0.5) is 5.69 Å². The Hall–Kier alpha value is -2.09. The molecule has 0 aliphatic carbocycles. The lowest BCUT2D eigenvalue weighted by Crippen LogP contribution is -2.14. The highest BCUT2D eigenvalue weighted by molar-refractivity contribution is 6.04. The Morgan fingerprint density at radius 1 is 1.00 bits per heavy atom. The third-order valence-corrected chi connectivity index (χ3v) is 4.36. The zero-order valence-corrected chi connectivity index (χ0v) is 14.8. The van der Waals surface area contributed by atoms with E-state index in [0.29, 0.717) is 11.5 Å². The van der Waals surface area contributed by atoms with Gasteiger partial charge in [-0.05, 0) is 53.1 Å². The molecule has 2 heteroatoms. The van der Waals surface area contributed by atoms with E-state index in [0.717, 1.165) is 12.1 Å². The lowest BCUT2D eigenvalue weighted by molar-refractivity contribution is 0.102. The summed E-state index contributed by atoms with van der Waals surface area (Å²) in [6.07, 6.45) is 1.12. The van der Waals surface area contributed by atoms with Crippen LogP contribution in [0.25, 0.3) is 0 Å². The number of carbonyl (C=O) groups is 1. The van der Waals surface area contributed by atoms with Crippen LogP contribution in [0.1, 0.15) is 68.4 Å². The maximum Gasteiger partial charge on any atom is 0.255 e. The average molecular weight is 309 g/mol. The van der Waals surface area contributed by atoms with Crippen LogP contribution in [0.2, 0.25) is 0 Å². The van der Waals surface area contributed by atoms with Crippen LogP contribution in [0, 0.1) is 0 Å². The number of hydrogen-bond donors (Lipinski definition) is 1. The van der Waals surface area contributed by atoms with Crippen LogP contribution in [0.3, 0.4) is 0 Å². The van der Waals surface area contributed by atoms with E-state index in [-0.39, 0.29) is 11.3 Å². The summed E-state index contributed by atoms with van der Waals surface area (Å²) >= 11 is 0. The Morgan fingerprint density at radius 3 is 2.04 bits per heavy atom. The monoisotopic (exact) mass is 309 g/mol. The fraction of sp³-hybridized carbons (Fsp3) is 0.381. The first kappa shape index (κ1) is 17.3. The van der Waals surface area contributed by atoms with Crippen molar-refractivity contribution in [3.63, 3.8) is 0 Å². The molecule has 2 aromatic rings. The summed E-state index contributed by atoms with van der Waals surface area (Å²) in [7, 11) is 0. The van der Waals surface area contributed by atoms with E-state index < -0.39 is 0 Å². The van der Waals surface area contributed by atoms with Crippen LogP contribution in [-0.4, -0.2) is 5.91 Å². The summed E-state index contributed by atoms with van der Waals surface area (Å²) < 4.78 is 0. The zero-order chi connectivity index (χ0) is 17.0. The second-order valence-electron chi connectivity index (χ2n) is 7.21. The summed E-state index contributed by atoms with van der Waals surface area (Å²) in [6, 6.07) is 16.0. The first-order chi connectivity index (χ1) is 10.8. The van der Waals surface area contributed by atoms with Crippen molar-refractivity contribution in [1.82, 2.24) is 0 Å². The highest BCUT2D eigenvalue weighted by Crippen LogP contribution is 2.23. The fourth-order valence-corrected chi connectivity index (χ4v) is 2.46. The second-order valence-corrected chi connectivity index (χ2v) is 7.21. The highest BCUT2D eigenvalue weighted by Gasteiger charge is 2.14. The molecule has 0 radical (unpaired) electrons. The molecule has 0 bridgehead atoms. The summed E-state index contributed by atoms with van der Waals surface area (Å²) in [5.74, 6) is 0.478. The lowest BCUT2D eigenvalue weighted by Gasteiger charge is -2.19. The molecule has 2 rings (SSSR count). The SMILES string of the molecule is CCC(C)c1ccc(NC(=O)c2ccc(C(C)(C)C)cc2)cc1. The van der Waals surface area contributed by atoms with Gasteiger partial charge in [-0.1, -0.05) is 58.9 Å². The van der Waals surface area contributed by atoms with Crippen molar-refractivity contribution < 1.29 is 4.79 Å². The molecule has 0 aliphatic rings. The van der Waals surface area contributed by atoms with Crippen molar-refractivity contribution >= 4 is 11.6 Å². The maximum absolute atomic E-state index is 12.3. The molecule has 2 aromatic carbocycles. The topological polar surface area (TPSA) is 29.1 Å². The fourth-order valence-electron chi connectivity index (χ4n) is 2.46. The van der Waals surface area contributed by atoms with Crippen molar-refractivity contribution in [2.75, 3.05) is 5.32 Å². The molecule has 1 N–H and O–H groups in total. The molecule has 1 unspecified atom stereocenters. The van der Waals surface area contributed by atoms with Crippen molar-refractivity contribution in [3.05, 3.63) is 65.2 Å². The van der Waals surface area contributed by atoms with E-state index in [4.69, 9.17) is 0 Å². The molecule has 0 aliphatic heterocycles. The molecule has 1 amide bonds. The van der Waals surface area contributed by atoms with Crippen molar-refractivity contribution in [2.45, 2.75) is 52.4 Å². The standard InChI is InChI=1S/C21H27NO/c1-6-15(2)16-9-13-19(14-10-16)22-20(23)17-7-11-18(12-8-17)21(3,4)5/h7-15H,6H2,1-5H3,(H,22,23). The first-order valence-corrected chi connectivity index (χ1v) is 8.33. The smallest absolute Gasteiger partial charge is 0.255 e. The minimum Gasteiger partial charge on any atom is -0.322 e. The third kappa shape index (κ3) is 4.44. The predicted octanol–water partition coefficient (Wildman–Crippen LogP) is 5.75. The number of benzene rings is 2. The van der Waals surface area contributed by atoms with Gasteiger partial charge in [0.25, 0.3) is 5.91 Å². The molecule has 0 saturated heterocycles. The van der Waals surface area contributed by atoms with E-state index in [2.05, 4.69) is 52.1 Å². The third-order valence-electron chi connectivity index (χ3n) is 4.36. The molecular weight excluding hydrogens is 282 g/mol. The van der Waals surface area contributed by atoms with Crippen LogP contribution in [-0.2, 0) is 5.41 Å². The summed E-state index contributed by atoms with van der Waals surface area (Å²) in [4.78, 5) is 12.3. The van der Waals surface area contributed by atoms with Gasteiger partial charge in [-0.3, -0.25) is 4.79 Å². The zero-order valence-electron chi connectivity index (χ0n) is 14.8. The van der Waals surface area contributed by atoms with E-state index in [1.54, 1.807) is 0 Å². The first-order valence-electron chi connectivity index (χ1n) is 8.33. The minimum absolute atomic E-state index is 0.0678. The van der Waals surface area contributed by atoms with Gasteiger partial charge in [0.05, 0.1) is 0 Å². The van der Waals surface area contributed by atoms with Crippen molar-refractivity contribution in [3.8, 4) is 0 Å². The number of hydrogen-bond acceptors (Lipinski definition) is 1. The molecule has 0 aromatic heterocycles. The molecule has 0 heterocycles. The number of rotatable bonds is 4. The van der Waals surface area contributed by atoms with Crippen LogP contribution < -0.4 is 5.32 Å². The Bertz CT molecular complexity index is 648. The molecular formula is C21H27NO. The molecule has 2 nitrogen and oxygen atoms in total. The van der Waals surface area contributed by atoms with Gasteiger partial charge >= 0.3 is 0 Å². The second kappa shape index (κ2) is 6.99. The Kier molecular flexibility index (Phi) is 5.25. The van der Waals surface area contributed by atoms with E-state index in [1.807, 2.05) is 36.4 Å². The van der Waals surface area contributed by atoms with Crippen LogP contribution in [0.15, 0.2) is 48.5 Å². The molecule has 0 saturated carbocycles. The largest absolute Gasteiger partial charge is 0.322 e. The maximum atomic E-state index is 12.3. The van der Waals surface area contributed by atoms with Gasteiger partial charge < -0.3 is 5.32 Å². The number of anilines is 1. The van der Waals surface area contributed by atoms with Crippen LogP contribution in [0.5, 0.6) is 0 Å². The van der Waals surface area contributed by atoms with Gasteiger partial charge in [0, 0.05) is 11.3 Å². The van der Waals surface area contributed by atoms with Gasteiger partial charge in [-0.25, -0.2) is 0 Å². The van der Waals surface area contributed by atoms with Gasteiger partial charge in [0.2, 0.25) is 0 Å². The number of amides is 1.